The van der Waals surface area contributed by atoms with Gasteiger partial charge in [-0.25, -0.2) is 0 Å². The first-order valence-corrected chi connectivity index (χ1v) is 12.5. The number of hydrogen-bond donors (Lipinski definition) is 0. The maximum Gasteiger partial charge on any atom is 0.0618 e. The number of fused-ring (bicyclic) bond motifs is 1. The summed E-state index contributed by atoms with van der Waals surface area (Å²) in [5.41, 5.74) is 0. The number of rotatable bonds is 2. The maximum atomic E-state index is 3.81. The van der Waals surface area contributed by atoms with Gasteiger partial charge in [-0.1, -0.05) is 0 Å². The molecule has 4 rings (SSSR count). The fraction of sp³-hybridized carbons (Fsp3) is 0. The Morgan fingerprint density at radius 2 is 1.00 bits per heavy atom. The maximum absolute atomic E-state index is 3.81. The van der Waals surface area contributed by atoms with Gasteiger partial charge in [-0.15, -0.1) is 45.3 Å². The first-order chi connectivity index (χ1) is 10.6. The van der Waals surface area contributed by atoms with Crippen LogP contribution in [-0.4, -0.2) is 0 Å². The molecule has 0 aromatic carbocycles. The highest BCUT2D eigenvalue weighted by Crippen LogP contribution is 2.55. The zero-order valence-corrected chi connectivity index (χ0v) is 20.1. The van der Waals surface area contributed by atoms with E-state index in [0.717, 1.165) is 8.95 Å². The second-order valence-corrected chi connectivity index (χ2v) is 11.5. The molecule has 0 bridgehead atoms. The highest BCUT2D eigenvalue weighted by molar-refractivity contribution is 9.11. The van der Waals surface area contributed by atoms with Crippen LogP contribution in [0.3, 0.4) is 0 Å². The summed E-state index contributed by atoms with van der Waals surface area (Å²) in [7, 11) is 0. The summed E-state index contributed by atoms with van der Waals surface area (Å²) in [6, 6.07) is 4.20. The lowest BCUT2D eigenvalue weighted by Gasteiger charge is -1.98. The Balaban J connectivity index is 1.96. The first-order valence-electron chi connectivity index (χ1n) is 5.95. The second kappa shape index (κ2) is 6.37. The highest BCUT2D eigenvalue weighted by atomic mass is 79.9. The van der Waals surface area contributed by atoms with E-state index in [1.165, 1.54) is 37.9 Å². The van der Waals surface area contributed by atoms with Gasteiger partial charge in [-0.3, -0.25) is 0 Å². The Morgan fingerprint density at radius 1 is 0.591 bits per heavy atom. The molecule has 0 fully saturated rings. The Hall–Kier alpha value is 0.980. The highest BCUT2D eigenvalue weighted by Gasteiger charge is 2.22. The van der Waals surface area contributed by atoms with Crippen LogP contribution in [0.4, 0.5) is 0 Å². The zero-order valence-electron chi connectivity index (χ0n) is 10.5. The average Bonchev–Trinajstić information content (AvgIpc) is 3.21. The van der Waals surface area contributed by atoms with Crippen LogP contribution in [0.1, 0.15) is 0 Å². The van der Waals surface area contributed by atoms with Gasteiger partial charge in [-0.2, -0.15) is 0 Å². The van der Waals surface area contributed by atoms with E-state index in [2.05, 4.69) is 86.6 Å². The molecule has 0 atom stereocenters. The molecule has 22 heavy (non-hydrogen) atoms. The summed E-state index contributed by atoms with van der Waals surface area (Å²) < 4.78 is 7.32. The fourth-order valence-electron chi connectivity index (χ4n) is 2.09. The van der Waals surface area contributed by atoms with Crippen molar-refractivity contribution in [1.29, 1.82) is 0 Å². The zero-order chi connectivity index (χ0) is 15.4. The lowest BCUT2D eigenvalue weighted by Crippen LogP contribution is -1.68. The van der Waals surface area contributed by atoms with Gasteiger partial charge in [0.2, 0.25) is 0 Å². The van der Waals surface area contributed by atoms with Crippen molar-refractivity contribution in [1.82, 2.24) is 0 Å². The van der Waals surface area contributed by atoms with Crippen LogP contribution >= 0.6 is 109 Å². The molecule has 0 N–H and O–H groups in total. The molecule has 0 unspecified atom stereocenters. The molecule has 0 nitrogen and oxygen atoms in total. The Morgan fingerprint density at radius 3 is 1.32 bits per heavy atom. The number of halogens is 4. The van der Waals surface area contributed by atoms with Gasteiger partial charge in [0.1, 0.15) is 0 Å². The van der Waals surface area contributed by atoms with E-state index in [-0.39, 0.29) is 0 Å². The lowest BCUT2D eigenvalue weighted by atomic mass is 10.3. The molecule has 0 spiro atoms. The Kier molecular flexibility index (Phi) is 4.76. The molecular formula is C14H4Br4S4. The summed E-state index contributed by atoms with van der Waals surface area (Å²) in [5.74, 6) is 0. The summed E-state index contributed by atoms with van der Waals surface area (Å²) in [4.78, 5) is 5.15. The van der Waals surface area contributed by atoms with Crippen LogP contribution in [0.2, 0.25) is 0 Å². The van der Waals surface area contributed by atoms with Crippen molar-refractivity contribution in [3.8, 4) is 19.5 Å². The first kappa shape index (κ1) is 16.4. The predicted molar refractivity (Wildman–Crippen MR) is 117 cm³/mol. The van der Waals surface area contributed by atoms with Crippen molar-refractivity contribution in [3.05, 3.63) is 40.8 Å². The van der Waals surface area contributed by atoms with Gasteiger partial charge in [0.25, 0.3) is 0 Å². The molecule has 0 amide bonds. The largest absolute Gasteiger partial charge is 0.142 e. The van der Waals surface area contributed by atoms with Crippen molar-refractivity contribution >= 4 is 118 Å². The van der Waals surface area contributed by atoms with Crippen LogP contribution in [-0.2, 0) is 0 Å². The van der Waals surface area contributed by atoms with Gasteiger partial charge in [-0.05, 0) is 86.6 Å². The van der Waals surface area contributed by atoms with E-state index >= 15 is 0 Å². The monoisotopic (exact) mass is 616 g/mol. The normalized spacial score (nSPS) is 11.6. The molecule has 0 radical (unpaired) electrons. The molecule has 0 saturated carbocycles. The minimum Gasteiger partial charge on any atom is -0.142 e. The molecule has 112 valence electrons. The molecule has 8 heteroatoms. The second-order valence-electron chi connectivity index (χ2n) is 4.34. The summed E-state index contributed by atoms with van der Waals surface area (Å²) in [5, 5.41) is 4.23. The van der Waals surface area contributed by atoms with E-state index in [1.54, 1.807) is 22.7 Å². The van der Waals surface area contributed by atoms with E-state index in [4.69, 9.17) is 0 Å². The smallest absolute Gasteiger partial charge is 0.0618 e. The minimum atomic E-state index is 1.16. The van der Waals surface area contributed by atoms with Crippen molar-refractivity contribution < 1.29 is 0 Å². The molecule has 4 aromatic rings. The third kappa shape index (κ3) is 2.58. The van der Waals surface area contributed by atoms with Gasteiger partial charge >= 0.3 is 0 Å². The standard InChI is InChI=1S/C14H4Br4S4/c15-5-1-3-19-9(5)11-7(17)13-14(21-11)8(18)12(22-13)10-6(16)2-4-20-10/h1-4H. The van der Waals surface area contributed by atoms with Crippen LogP contribution < -0.4 is 0 Å². The van der Waals surface area contributed by atoms with E-state index in [1.807, 2.05) is 22.7 Å². The van der Waals surface area contributed by atoms with E-state index in [9.17, 15) is 0 Å². The van der Waals surface area contributed by atoms with Gasteiger partial charge < -0.3 is 0 Å². The Bertz CT molecular complexity index is 908. The third-order valence-electron chi connectivity index (χ3n) is 3.06. The van der Waals surface area contributed by atoms with E-state index < -0.39 is 0 Å². The van der Waals surface area contributed by atoms with Crippen molar-refractivity contribution in [2.75, 3.05) is 0 Å². The number of thiophene rings is 4. The fourth-order valence-corrected chi connectivity index (χ4v) is 10.6. The molecule has 0 aliphatic heterocycles. The van der Waals surface area contributed by atoms with Gasteiger partial charge in [0.05, 0.1) is 37.9 Å². The number of hydrogen-bond acceptors (Lipinski definition) is 4. The van der Waals surface area contributed by atoms with Gasteiger partial charge in [0.15, 0.2) is 0 Å². The summed E-state index contributed by atoms with van der Waals surface area (Å²) >= 11 is 22.1. The molecule has 4 aromatic heterocycles. The average molecular weight is 620 g/mol. The van der Waals surface area contributed by atoms with Crippen molar-refractivity contribution in [2.24, 2.45) is 0 Å². The molecule has 4 heterocycles. The quantitative estimate of drug-likeness (QED) is 0.210. The van der Waals surface area contributed by atoms with Crippen LogP contribution in [0.25, 0.3) is 28.9 Å². The molecular weight excluding hydrogens is 616 g/mol. The van der Waals surface area contributed by atoms with Crippen molar-refractivity contribution in [3.63, 3.8) is 0 Å². The topological polar surface area (TPSA) is 0 Å². The summed E-state index contributed by atoms with van der Waals surface area (Å²) in [6.07, 6.45) is 0. The molecule has 0 aliphatic rings. The van der Waals surface area contributed by atoms with Crippen LogP contribution in [0, 0.1) is 0 Å². The SMILES string of the molecule is Brc1ccsc1-c1sc2c(Br)c(-c3sccc3Br)sc2c1Br. The molecule has 0 saturated heterocycles. The molecule has 0 aliphatic carbocycles. The third-order valence-corrected chi connectivity index (χ3v) is 12.2. The lowest BCUT2D eigenvalue weighted by molar-refractivity contribution is 1.85. The summed E-state index contributed by atoms with van der Waals surface area (Å²) in [6.45, 7) is 0. The van der Waals surface area contributed by atoms with Crippen LogP contribution in [0.15, 0.2) is 40.8 Å². The van der Waals surface area contributed by atoms with Crippen LogP contribution in [0.5, 0.6) is 0 Å². The predicted octanol–water partition coefficient (Wildman–Crippen LogP) is 9.47. The van der Waals surface area contributed by atoms with Gasteiger partial charge in [0, 0.05) is 8.95 Å². The Labute approximate surface area is 176 Å². The van der Waals surface area contributed by atoms with E-state index in [0.29, 0.717) is 0 Å². The minimum absolute atomic E-state index is 1.16. The van der Waals surface area contributed by atoms with Crippen molar-refractivity contribution in [2.45, 2.75) is 0 Å².